The van der Waals surface area contributed by atoms with Crippen LogP contribution in [0.1, 0.15) is 7.43 Å². The highest BCUT2D eigenvalue weighted by Gasteiger charge is 2.34. The van der Waals surface area contributed by atoms with Gasteiger partial charge in [0.1, 0.15) is 0 Å². The summed E-state index contributed by atoms with van der Waals surface area (Å²) in [5.74, 6) is 0. The zero-order valence-corrected chi connectivity index (χ0v) is 17.0. The Bertz CT molecular complexity index is 467. The molecular weight excluding hydrogens is 376 g/mol. The second-order valence-electron chi connectivity index (χ2n) is 4.28. The van der Waals surface area contributed by atoms with Crippen LogP contribution in [0, 0.1) is 0 Å². The largest absolute Gasteiger partial charge is 0.341 e. The van der Waals surface area contributed by atoms with Crippen molar-refractivity contribution in [2.45, 2.75) is 7.43 Å². The highest BCUT2D eigenvalue weighted by atomic mass is 31.3. The molecule has 0 fully saturated rings. The smallest absolute Gasteiger partial charge is 0.332 e. The lowest BCUT2D eigenvalue weighted by Crippen LogP contribution is -1.94. The summed E-state index contributed by atoms with van der Waals surface area (Å²) in [7, 11) is -9.08. The third-order valence-electron chi connectivity index (χ3n) is 1.70. The van der Waals surface area contributed by atoms with Gasteiger partial charge < -0.3 is 13.6 Å². The number of hydrogen-bond donors (Lipinski definition) is 0. The Balaban J connectivity index is -0.000000439. The molecule has 0 aliphatic rings. The fourth-order valence-electron chi connectivity index (χ4n) is 0.620. The molecule has 0 saturated carbocycles. The van der Waals surface area contributed by atoms with E-state index >= 15 is 0 Å². The molecule has 0 N–H and O–H groups in total. The molecule has 0 bridgehead atoms. The first-order valence-electron chi connectivity index (χ1n) is 5.47. The lowest BCUT2D eigenvalue weighted by Gasteiger charge is -2.20. The van der Waals surface area contributed by atoms with Gasteiger partial charge in [0, 0.05) is 54.7 Å². The van der Waals surface area contributed by atoms with Gasteiger partial charge in [0.05, 0.1) is 0 Å². The van der Waals surface area contributed by atoms with E-state index in [4.69, 9.17) is 0 Å². The van der Waals surface area contributed by atoms with E-state index in [0.29, 0.717) is 0 Å². The van der Waals surface area contributed by atoms with E-state index in [0.717, 1.165) is 34.2 Å². The van der Waals surface area contributed by atoms with Gasteiger partial charge in [-0.15, -0.1) is 0 Å². The maximum atomic E-state index is 11.6. The van der Waals surface area contributed by atoms with Crippen molar-refractivity contribution in [1.82, 2.24) is 0 Å². The van der Waals surface area contributed by atoms with Crippen LogP contribution >= 0.6 is 30.2 Å². The van der Waals surface area contributed by atoms with Crippen LogP contribution in [0.15, 0.2) is 0 Å². The Labute approximate surface area is 133 Å². The van der Waals surface area contributed by atoms with Crippen LogP contribution < -0.4 is 0 Å². The summed E-state index contributed by atoms with van der Waals surface area (Å²) >= 11 is 0. The molecule has 13 heteroatoms. The molecule has 0 aliphatic heterocycles. The lowest BCUT2D eigenvalue weighted by atomic mass is 11.8. The van der Waals surface area contributed by atoms with Crippen molar-refractivity contribution in [2.75, 3.05) is 54.7 Å². The van der Waals surface area contributed by atoms with E-state index in [2.05, 4.69) is 22.2 Å². The predicted octanol–water partition coefficient (Wildman–Crippen LogP) is 4.59. The van der Waals surface area contributed by atoms with E-state index in [-0.39, 0.29) is 7.43 Å². The Morgan fingerprint density at radius 2 is 0.773 bits per heavy atom. The zero-order chi connectivity index (χ0) is 17.5. The van der Waals surface area contributed by atoms with Crippen LogP contribution in [0.4, 0.5) is 0 Å². The molecule has 9 nitrogen and oxygen atoms in total. The van der Waals surface area contributed by atoms with E-state index in [1.807, 2.05) is 0 Å². The third kappa shape index (κ3) is 17.1. The molecule has 0 aliphatic carbocycles. The molecule has 0 spiro atoms. The molecule has 2 atom stereocenters. The highest BCUT2D eigenvalue weighted by molar-refractivity contribution is 7.72. The van der Waals surface area contributed by atoms with Gasteiger partial charge in [-0.1, -0.05) is 7.43 Å². The van der Waals surface area contributed by atoms with Gasteiger partial charge in [-0.05, 0) is 0 Å². The molecule has 0 rings (SSSR count). The SMILES string of the molecule is C.COP(C)(=O)OP(C)(=O)OP(C)(=O)OC.COP(C)(C)=O. The molecule has 2 unspecified atom stereocenters. The lowest BCUT2D eigenvalue weighted by molar-refractivity contribution is 0.286. The van der Waals surface area contributed by atoms with E-state index in [9.17, 15) is 18.3 Å². The van der Waals surface area contributed by atoms with E-state index in [1.54, 1.807) is 13.3 Å². The minimum atomic E-state index is -3.74. The summed E-state index contributed by atoms with van der Waals surface area (Å²) in [6.07, 6.45) is 0. The summed E-state index contributed by atoms with van der Waals surface area (Å²) in [4.78, 5) is 0. The molecule has 0 aromatic rings. The van der Waals surface area contributed by atoms with Crippen molar-refractivity contribution in [1.29, 1.82) is 0 Å². The number of rotatable bonds is 7. The molecule has 0 heterocycles. The van der Waals surface area contributed by atoms with Crippen molar-refractivity contribution in [3.05, 3.63) is 0 Å². The normalized spacial score (nSPS) is 19.5. The molecule has 138 valence electrons. The van der Waals surface area contributed by atoms with Gasteiger partial charge in [-0.25, -0.2) is 8.62 Å². The first-order valence-corrected chi connectivity index (χ1v) is 14.0. The molecule has 0 amide bonds. The standard InChI is InChI=1S/C5H15O7P3.C3H9O2P.CH4/c1-9-13(3,6)11-15(5,8)12-14(4,7)10-2;1-5-6(2,3)4;/h1-5H3;1-3H3;1H4. The Morgan fingerprint density at radius 3 is 0.909 bits per heavy atom. The second kappa shape index (κ2) is 10.6. The molecule has 0 aromatic heterocycles. The summed E-state index contributed by atoms with van der Waals surface area (Å²) in [6.45, 7) is 6.44. The minimum Gasteiger partial charge on any atom is -0.332 e. The number of hydrogen-bond acceptors (Lipinski definition) is 9. The van der Waals surface area contributed by atoms with Crippen LogP contribution in [-0.2, 0) is 40.5 Å². The summed E-state index contributed by atoms with van der Waals surface area (Å²) in [6, 6.07) is 0. The Kier molecular flexibility index (Phi) is 13.2. The fourth-order valence-corrected chi connectivity index (χ4v) is 5.85. The second-order valence-corrected chi connectivity index (χ2v) is 13.8. The average molecular weight is 404 g/mol. The Hall–Kier alpha value is 0.720. The summed E-state index contributed by atoms with van der Waals surface area (Å²) in [5, 5.41) is 0. The average Bonchev–Trinajstić information content (AvgIpc) is 2.26. The maximum Gasteiger partial charge on any atom is 0.341 e. The van der Waals surface area contributed by atoms with Crippen molar-refractivity contribution in [3.8, 4) is 0 Å². The maximum absolute atomic E-state index is 11.6. The van der Waals surface area contributed by atoms with Crippen LogP contribution in [0.5, 0.6) is 0 Å². The van der Waals surface area contributed by atoms with Gasteiger partial charge in [-0.2, -0.15) is 0 Å². The molecule has 0 saturated heterocycles. The van der Waals surface area contributed by atoms with Crippen LogP contribution in [0.3, 0.4) is 0 Å². The van der Waals surface area contributed by atoms with Crippen molar-refractivity contribution < 1.29 is 40.5 Å². The van der Waals surface area contributed by atoms with Crippen LogP contribution in [0.25, 0.3) is 0 Å². The summed E-state index contributed by atoms with van der Waals surface area (Å²) < 4.78 is 67.4. The monoisotopic (exact) mass is 404 g/mol. The molecule has 0 aromatic carbocycles. The van der Waals surface area contributed by atoms with Gasteiger partial charge in [-0.3, -0.25) is 18.3 Å². The predicted molar refractivity (Wildman–Crippen MR) is 90.0 cm³/mol. The van der Waals surface area contributed by atoms with E-state index < -0.39 is 30.2 Å². The molecule has 0 radical (unpaired) electrons. The van der Waals surface area contributed by atoms with E-state index in [1.165, 1.54) is 7.11 Å². The van der Waals surface area contributed by atoms with Crippen molar-refractivity contribution in [2.24, 2.45) is 0 Å². The molecule has 22 heavy (non-hydrogen) atoms. The van der Waals surface area contributed by atoms with Gasteiger partial charge in [0.25, 0.3) is 0 Å². The summed E-state index contributed by atoms with van der Waals surface area (Å²) in [5.41, 5.74) is 0. The van der Waals surface area contributed by atoms with Crippen LogP contribution in [-0.4, -0.2) is 54.7 Å². The van der Waals surface area contributed by atoms with Crippen molar-refractivity contribution in [3.63, 3.8) is 0 Å². The molecular formula is C9H28O9P4. The fraction of sp³-hybridized carbons (Fsp3) is 1.00. The first-order chi connectivity index (χ1) is 9.10. The zero-order valence-electron chi connectivity index (χ0n) is 13.5. The Morgan fingerprint density at radius 1 is 0.545 bits per heavy atom. The van der Waals surface area contributed by atoms with Crippen LogP contribution in [0.2, 0.25) is 0 Å². The quantitative estimate of drug-likeness (QED) is 0.562. The minimum absolute atomic E-state index is 0. The highest BCUT2D eigenvalue weighted by Crippen LogP contribution is 2.67. The van der Waals surface area contributed by atoms with Gasteiger partial charge in [0.15, 0.2) is 7.37 Å². The third-order valence-corrected chi connectivity index (χ3v) is 8.65. The van der Waals surface area contributed by atoms with Crippen molar-refractivity contribution >= 4 is 30.2 Å². The van der Waals surface area contributed by atoms with Gasteiger partial charge >= 0.3 is 22.8 Å². The van der Waals surface area contributed by atoms with Gasteiger partial charge in [0.2, 0.25) is 0 Å². The first kappa shape index (κ1) is 27.6. The topological polar surface area (TPSA) is 114 Å².